The van der Waals surface area contributed by atoms with Crippen LogP contribution in [0.3, 0.4) is 0 Å². The van der Waals surface area contributed by atoms with E-state index in [1.807, 2.05) is 0 Å². The summed E-state index contributed by atoms with van der Waals surface area (Å²) in [5, 5.41) is 3.38. The standard InChI is InChI=1S/C22H29F2N3O2S/c1-29-14-9-7-13(8-10-14)25-17-11-16-19(21(24)20(17)23)22(28)27-18(26-16)12-30-15-5-3-2-4-6-15/h11,13-15,25H,2-10,12H2,1H3,(H,26,27,28). The second kappa shape index (κ2) is 9.64. The summed E-state index contributed by atoms with van der Waals surface area (Å²) < 4.78 is 34.7. The Hall–Kier alpha value is -1.67. The molecule has 8 heteroatoms. The summed E-state index contributed by atoms with van der Waals surface area (Å²) in [5.41, 5.74) is -0.349. The molecule has 0 spiro atoms. The van der Waals surface area contributed by atoms with Gasteiger partial charge in [0.1, 0.15) is 11.2 Å². The molecule has 2 N–H and O–H groups in total. The maximum Gasteiger partial charge on any atom is 0.261 e. The molecule has 0 unspecified atom stereocenters. The lowest BCUT2D eigenvalue weighted by Crippen LogP contribution is -2.29. The molecule has 2 aliphatic rings. The van der Waals surface area contributed by atoms with Crippen molar-refractivity contribution in [2.24, 2.45) is 0 Å². The molecule has 0 aliphatic heterocycles. The summed E-state index contributed by atoms with van der Waals surface area (Å²) in [6.07, 6.45) is 9.77. The molecule has 0 bridgehead atoms. The number of nitrogens with zero attached hydrogens (tertiary/aromatic N) is 1. The van der Waals surface area contributed by atoms with Gasteiger partial charge in [0, 0.05) is 18.4 Å². The largest absolute Gasteiger partial charge is 0.381 e. The molecule has 164 valence electrons. The molecule has 1 aromatic heterocycles. The predicted octanol–water partition coefficient (Wildman–Crippen LogP) is 5.14. The molecule has 0 saturated heterocycles. The molecule has 1 aromatic carbocycles. The molecule has 30 heavy (non-hydrogen) atoms. The number of anilines is 1. The van der Waals surface area contributed by atoms with Crippen LogP contribution in [-0.4, -0.2) is 34.5 Å². The molecule has 2 fully saturated rings. The van der Waals surface area contributed by atoms with E-state index < -0.39 is 17.2 Å². The van der Waals surface area contributed by atoms with E-state index >= 15 is 0 Å². The summed E-state index contributed by atoms with van der Waals surface area (Å²) in [6.45, 7) is 0. The monoisotopic (exact) mass is 437 g/mol. The highest BCUT2D eigenvalue weighted by Gasteiger charge is 2.24. The fraction of sp³-hybridized carbons (Fsp3) is 0.636. The Kier molecular flexibility index (Phi) is 6.93. The molecule has 0 amide bonds. The van der Waals surface area contributed by atoms with E-state index in [2.05, 4.69) is 15.3 Å². The van der Waals surface area contributed by atoms with Crippen LogP contribution in [0.4, 0.5) is 14.5 Å². The number of methoxy groups -OCH3 is 1. The zero-order valence-corrected chi connectivity index (χ0v) is 18.1. The van der Waals surface area contributed by atoms with Crippen molar-refractivity contribution in [3.05, 3.63) is 33.9 Å². The normalized spacial score (nSPS) is 23.0. The molecular weight excluding hydrogens is 408 g/mol. The average Bonchev–Trinajstić information content (AvgIpc) is 2.76. The molecule has 0 radical (unpaired) electrons. The van der Waals surface area contributed by atoms with Crippen molar-refractivity contribution in [3.8, 4) is 0 Å². The number of aromatic amines is 1. The Bertz CT molecular complexity index is 938. The number of benzene rings is 1. The van der Waals surface area contributed by atoms with Crippen molar-refractivity contribution in [1.29, 1.82) is 0 Å². The summed E-state index contributed by atoms with van der Waals surface area (Å²) in [4.78, 5) is 19.5. The van der Waals surface area contributed by atoms with Crippen LogP contribution in [0.5, 0.6) is 0 Å². The lowest BCUT2D eigenvalue weighted by Gasteiger charge is -2.29. The summed E-state index contributed by atoms with van der Waals surface area (Å²) >= 11 is 1.78. The Morgan fingerprint density at radius 1 is 1.13 bits per heavy atom. The molecule has 2 aliphatic carbocycles. The molecular formula is C22H29F2N3O2S. The minimum absolute atomic E-state index is 0.0473. The Morgan fingerprint density at radius 2 is 1.87 bits per heavy atom. The Balaban J connectivity index is 1.54. The van der Waals surface area contributed by atoms with Crippen molar-refractivity contribution in [2.75, 3.05) is 12.4 Å². The number of fused-ring (bicyclic) bond motifs is 1. The van der Waals surface area contributed by atoms with E-state index in [1.165, 1.54) is 38.2 Å². The van der Waals surface area contributed by atoms with Gasteiger partial charge in [-0.25, -0.2) is 13.8 Å². The van der Waals surface area contributed by atoms with Gasteiger partial charge >= 0.3 is 0 Å². The highest BCUT2D eigenvalue weighted by atomic mass is 32.2. The second-order valence-corrected chi connectivity index (χ2v) is 9.67. The first-order chi connectivity index (χ1) is 14.5. The van der Waals surface area contributed by atoms with Gasteiger partial charge in [-0.1, -0.05) is 19.3 Å². The van der Waals surface area contributed by atoms with Crippen molar-refractivity contribution in [1.82, 2.24) is 9.97 Å². The van der Waals surface area contributed by atoms with E-state index in [1.54, 1.807) is 18.9 Å². The number of H-pyrrole nitrogens is 1. The topological polar surface area (TPSA) is 67.0 Å². The minimum Gasteiger partial charge on any atom is -0.381 e. The van der Waals surface area contributed by atoms with Crippen LogP contribution in [0.15, 0.2) is 10.9 Å². The van der Waals surface area contributed by atoms with Crippen LogP contribution in [0.2, 0.25) is 0 Å². The third kappa shape index (κ3) is 4.80. The van der Waals surface area contributed by atoms with E-state index in [0.717, 1.165) is 25.7 Å². The van der Waals surface area contributed by atoms with Gasteiger partial charge in [0.15, 0.2) is 11.6 Å². The molecule has 0 atom stereocenters. The number of rotatable bonds is 6. The van der Waals surface area contributed by atoms with Gasteiger partial charge in [-0.2, -0.15) is 11.8 Å². The molecule has 5 nitrogen and oxygen atoms in total. The molecule has 2 aromatic rings. The maximum atomic E-state index is 14.7. The van der Waals surface area contributed by atoms with E-state index in [4.69, 9.17) is 4.74 Å². The fourth-order valence-corrected chi connectivity index (χ4v) is 5.75. The first kappa shape index (κ1) is 21.6. The van der Waals surface area contributed by atoms with E-state index in [-0.39, 0.29) is 28.7 Å². The lowest BCUT2D eigenvalue weighted by molar-refractivity contribution is 0.0681. The van der Waals surface area contributed by atoms with Gasteiger partial charge in [-0.3, -0.25) is 4.79 Å². The zero-order chi connectivity index (χ0) is 21.1. The van der Waals surface area contributed by atoms with Gasteiger partial charge in [0.2, 0.25) is 0 Å². The third-order valence-corrected chi connectivity index (χ3v) is 7.68. The first-order valence-corrected chi connectivity index (χ1v) is 11.9. The van der Waals surface area contributed by atoms with E-state index in [9.17, 15) is 13.6 Å². The van der Waals surface area contributed by atoms with Gasteiger partial charge in [-0.05, 0) is 44.6 Å². The third-order valence-electron chi connectivity index (χ3n) is 6.30. The summed E-state index contributed by atoms with van der Waals surface area (Å²) in [5.74, 6) is -1.08. The van der Waals surface area contributed by atoms with Crippen molar-refractivity contribution in [2.45, 2.75) is 80.9 Å². The van der Waals surface area contributed by atoms with Crippen LogP contribution in [0.25, 0.3) is 10.9 Å². The van der Waals surface area contributed by atoms with E-state index in [0.29, 0.717) is 16.8 Å². The highest BCUT2D eigenvalue weighted by molar-refractivity contribution is 7.99. The van der Waals surface area contributed by atoms with Crippen LogP contribution in [0, 0.1) is 11.6 Å². The first-order valence-electron chi connectivity index (χ1n) is 10.9. The molecule has 1 heterocycles. The number of nitrogens with one attached hydrogen (secondary N) is 2. The number of thioether (sulfide) groups is 1. The highest BCUT2D eigenvalue weighted by Crippen LogP contribution is 2.31. The SMILES string of the molecule is COC1CCC(Nc2cc3nc(CSC4CCCCC4)[nH]c(=O)c3c(F)c2F)CC1. The maximum absolute atomic E-state index is 14.7. The molecule has 2 saturated carbocycles. The van der Waals surface area contributed by atoms with Crippen molar-refractivity contribution >= 4 is 28.4 Å². The number of aromatic nitrogens is 2. The number of halogens is 2. The van der Waals surface area contributed by atoms with Gasteiger partial charge < -0.3 is 15.0 Å². The summed E-state index contributed by atoms with van der Waals surface area (Å²) in [7, 11) is 1.70. The number of hydrogen-bond donors (Lipinski definition) is 2. The van der Waals surface area contributed by atoms with Gasteiger partial charge in [0.05, 0.1) is 23.1 Å². The van der Waals surface area contributed by atoms with Crippen LogP contribution in [0.1, 0.15) is 63.6 Å². The lowest BCUT2D eigenvalue weighted by atomic mass is 9.92. The quantitative estimate of drug-likeness (QED) is 0.655. The molecule has 4 rings (SSSR count). The Morgan fingerprint density at radius 3 is 2.57 bits per heavy atom. The van der Waals surface area contributed by atoms with Crippen LogP contribution >= 0.6 is 11.8 Å². The Labute approximate surface area is 179 Å². The summed E-state index contributed by atoms with van der Waals surface area (Å²) in [6, 6.07) is 1.52. The number of hydrogen-bond acceptors (Lipinski definition) is 5. The van der Waals surface area contributed by atoms with Crippen LogP contribution < -0.4 is 10.9 Å². The fourth-order valence-electron chi connectivity index (χ4n) is 4.55. The average molecular weight is 438 g/mol. The van der Waals surface area contributed by atoms with Crippen molar-refractivity contribution < 1.29 is 13.5 Å². The second-order valence-electron chi connectivity index (χ2n) is 8.38. The van der Waals surface area contributed by atoms with Crippen LogP contribution in [-0.2, 0) is 10.5 Å². The van der Waals surface area contributed by atoms with Crippen molar-refractivity contribution in [3.63, 3.8) is 0 Å². The number of ether oxygens (including phenoxy) is 1. The predicted molar refractivity (Wildman–Crippen MR) is 117 cm³/mol. The van der Waals surface area contributed by atoms with Gasteiger partial charge in [-0.15, -0.1) is 0 Å². The van der Waals surface area contributed by atoms with Gasteiger partial charge in [0.25, 0.3) is 5.56 Å². The minimum atomic E-state index is -1.14. The zero-order valence-electron chi connectivity index (χ0n) is 17.3. The smallest absolute Gasteiger partial charge is 0.261 e.